The Hall–Kier alpha value is -2.53. The van der Waals surface area contributed by atoms with Gasteiger partial charge in [0, 0.05) is 22.7 Å². The Balaban J connectivity index is 2.21. The van der Waals surface area contributed by atoms with Gasteiger partial charge in [-0.15, -0.1) is 0 Å². The lowest BCUT2D eigenvalue weighted by Gasteiger charge is -2.12. The summed E-state index contributed by atoms with van der Waals surface area (Å²) in [4.78, 5) is 24.5. The molecule has 2 aromatic rings. The van der Waals surface area contributed by atoms with Crippen molar-refractivity contribution in [2.75, 3.05) is 0 Å². The van der Waals surface area contributed by atoms with Crippen LogP contribution in [0.25, 0.3) is 6.08 Å². The van der Waals surface area contributed by atoms with Crippen LogP contribution in [0.2, 0.25) is 5.02 Å². The number of amides is 2. The molecule has 0 aliphatic rings. The van der Waals surface area contributed by atoms with Gasteiger partial charge in [-0.05, 0) is 50.2 Å². The van der Waals surface area contributed by atoms with Crippen LogP contribution in [0.4, 0.5) is 0 Å². The molecule has 2 N–H and O–H groups in total. The molecule has 0 saturated carbocycles. The maximum atomic E-state index is 12.3. The first-order chi connectivity index (χ1) is 11.0. The van der Waals surface area contributed by atoms with E-state index in [-0.39, 0.29) is 11.7 Å². The van der Waals surface area contributed by atoms with Crippen LogP contribution < -0.4 is 10.6 Å². The minimum absolute atomic E-state index is 0.0602. The number of benzene rings is 1. The van der Waals surface area contributed by atoms with Crippen LogP contribution in [0.15, 0.2) is 52.8 Å². The van der Waals surface area contributed by atoms with Crippen molar-refractivity contribution in [1.82, 2.24) is 10.6 Å². The quantitative estimate of drug-likeness (QED) is 0.826. The fraction of sp³-hybridized carbons (Fsp3) is 0.176. The van der Waals surface area contributed by atoms with Crippen molar-refractivity contribution in [3.05, 3.63) is 64.7 Å². The number of carbonyl (C=O) groups is 2. The Morgan fingerprint density at radius 2 is 1.87 bits per heavy atom. The van der Waals surface area contributed by atoms with E-state index >= 15 is 0 Å². The van der Waals surface area contributed by atoms with E-state index in [0.29, 0.717) is 16.3 Å². The van der Waals surface area contributed by atoms with Crippen LogP contribution in [0, 0.1) is 0 Å². The standard InChI is InChI=1S/C17H17ClN2O3/c1-11(2)19-17(22)15(10-14-4-3-9-23-14)20-16(21)12-5-7-13(18)8-6-12/h3-11H,1-2H3,(H,19,22)(H,20,21)/b15-10+. The van der Waals surface area contributed by atoms with Crippen molar-refractivity contribution in [2.24, 2.45) is 0 Å². The SMILES string of the molecule is CC(C)NC(=O)/C(=C\c1ccco1)NC(=O)c1ccc(Cl)cc1. The van der Waals surface area contributed by atoms with Gasteiger partial charge in [0.25, 0.3) is 11.8 Å². The van der Waals surface area contributed by atoms with Gasteiger partial charge in [-0.1, -0.05) is 11.6 Å². The molecular formula is C17H17ClN2O3. The van der Waals surface area contributed by atoms with E-state index in [1.165, 1.54) is 12.3 Å². The van der Waals surface area contributed by atoms with Crippen LogP contribution in [-0.4, -0.2) is 17.9 Å². The average molecular weight is 333 g/mol. The third-order valence-corrected chi connectivity index (χ3v) is 3.10. The topological polar surface area (TPSA) is 71.3 Å². The summed E-state index contributed by atoms with van der Waals surface area (Å²) in [5.74, 6) is -0.326. The first-order valence-electron chi connectivity index (χ1n) is 7.08. The second-order valence-corrected chi connectivity index (χ2v) is 5.60. The zero-order valence-corrected chi connectivity index (χ0v) is 13.6. The molecule has 0 radical (unpaired) electrons. The molecule has 5 nitrogen and oxygen atoms in total. The summed E-state index contributed by atoms with van der Waals surface area (Å²) >= 11 is 5.81. The highest BCUT2D eigenvalue weighted by molar-refractivity contribution is 6.30. The molecular weight excluding hydrogens is 316 g/mol. The Labute approximate surface area is 139 Å². The monoisotopic (exact) mass is 332 g/mol. The number of nitrogens with one attached hydrogen (secondary N) is 2. The Bertz CT molecular complexity index is 704. The molecule has 2 rings (SSSR count). The number of halogens is 1. The molecule has 0 atom stereocenters. The van der Waals surface area contributed by atoms with Gasteiger partial charge < -0.3 is 15.1 Å². The highest BCUT2D eigenvalue weighted by Gasteiger charge is 2.15. The second kappa shape index (κ2) is 7.65. The van der Waals surface area contributed by atoms with Crippen molar-refractivity contribution < 1.29 is 14.0 Å². The Kier molecular flexibility index (Phi) is 5.60. The van der Waals surface area contributed by atoms with Crippen molar-refractivity contribution >= 4 is 29.5 Å². The predicted molar refractivity (Wildman–Crippen MR) is 88.9 cm³/mol. The molecule has 0 spiro atoms. The lowest BCUT2D eigenvalue weighted by atomic mass is 10.2. The highest BCUT2D eigenvalue weighted by Crippen LogP contribution is 2.11. The largest absolute Gasteiger partial charge is 0.465 e. The van der Waals surface area contributed by atoms with E-state index in [2.05, 4.69) is 10.6 Å². The van der Waals surface area contributed by atoms with Gasteiger partial charge in [-0.25, -0.2) is 0 Å². The molecule has 6 heteroatoms. The van der Waals surface area contributed by atoms with Gasteiger partial charge in [-0.3, -0.25) is 9.59 Å². The van der Waals surface area contributed by atoms with Gasteiger partial charge in [0.2, 0.25) is 0 Å². The molecule has 23 heavy (non-hydrogen) atoms. The zero-order chi connectivity index (χ0) is 16.8. The fourth-order valence-corrected chi connectivity index (χ4v) is 1.94. The normalized spacial score (nSPS) is 11.4. The molecule has 0 aliphatic carbocycles. The number of carbonyl (C=O) groups excluding carboxylic acids is 2. The van der Waals surface area contributed by atoms with Crippen LogP contribution in [0.1, 0.15) is 30.0 Å². The van der Waals surface area contributed by atoms with Crippen molar-refractivity contribution in [3.8, 4) is 0 Å². The summed E-state index contributed by atoms with van der Waals surface area (Å²) in [6.07, 6.45) is 2.97. The van der Waals surface area contributed by atoms with Gasteiger partial charge in [0.1, 0.15) is 11.5 Å². The van der Waals surface area contributed by atoms with E-state index in [9.17, 15) is 9.59 Å². The van der Waals surface area contributed by atoms with Crippen LogP contribution >= 0.6 is 11.6 Å². The summed E-state index contributed by atoms with van der Waals surface area (Å²) in [6.45, 7) is 3.67. The summed E-state index contributed by atoms with van der Waals surface area (Å²) in [6, 6.07) is 9.73. The van der Waals surface area contributed by atoms with Crippen molar-refractivity contribution in [2.45, 2.75) is 19.9 Å². The minimum atomic E-state index is -0.404. The molecule has 0 fully saturated rings. The molecule has 1 aromatic carbocycles. The van der Waals surface area contributed by atoms with Gasteiger partial charge in [-0.2, -0.15) is 0 Å². The van der Waals surface area contributed by atoms with E-state index in [0.717, 1.165) is 0 Å². The third-order valence-electron chi connectivity index (χ3n) is 2.85. The molecule has 0 saturated heterocycles. The molecule has 1 aromatic heterocycles. The van der Waals surface area contributed by atoms with Gasteiger partial charge in [0.05, 0.1) is 6.26 Å². The Morgan fingerprint density at radius 3 is 2.43 bits per heavy atom. The first-order valence-corrected chi connectivity index (χ1v) is 7.46. The Morgan fingerprint density at radius 1 is 1.17 bits per heavy atom. The van der Waals surface area contributed by atoms with Crippen LogP contribution in [0.3, 0.4) is 0 Å². The van der Waals surface area contributed by atoms with E-state index < -0.39 is 11.8 Å². The fourth-order valence-electron chi connectivity index (χ4n) is 1.81. The lowest BCUT2D eigenvalue weighted by molar-refractivity contribution is -0.118. The number of rotatable bonds is 5. The molecule has 0 aliphatic heterocycles. The van der Waals surface area contributed by atoms with Gasteiger partial charge in [0.15, 0.2) is 0 Å². The number of hydrogen-bond acceptors (Lipinski definition) is 3. The molecule has 120 valence electrons. The summed E-state index contributed by atoms with van der Waals surface area (Å²) in [5, 5.41) is 5.87. The summed E-state index contributed by atoms with van der Waals surface area (Å²) in [7, 11) is 0. The summed E-state index contributed by atoms with van der Waals surface area (Å²) < 4.78 is 5.20. The van der Waals surface area contributed by atoms with Crippen LogP contribution in [0.5, 0.6) is 0 Å². The average Bonchev–Trinajstić information content (AvgIpc) is 2.99. The minimum Gasteiger partial charge on any atom is -0.465 e. The van der Waals surface area contributed by atoms with Crippen LogP contribution in [-0.2, 0) is 4.79 Å². The smallest absolute Gasteiger partial charge is 0.268 e. The zero-order valence-electron chi connectivity index (χ0n) is 12.8. The number of hydrogen-bond donors (Lipinski definition) is 2. The first kappa shape index (κ1) is 16.8. The summed E-state index contributed by atoms with van der Waals surface area (Å²) in [5.41, 5.74) is 0.505. The second-order valence-electron chi connectivity index (χ2n) is 5.16. The van der Waals surface area contributed by atoms with E-state index in [1.807, 2.05) is 13.8 Å². The number of furan rings is 1. The lowest BCUT2D eigenvalue weighted by Crippen LogP contribution is -2.38. The third kappa shape index (κ3) is 5.00. The molecule has 2 amide bonds. The molecule has 1 heterocycles. The molecule has 0 bridgehead atoms. The highest BCUT2D eigenvalue weighted by atomic mass is 35.5. The maximum Gasteiger partial charge on any atom is 0.268 e. The van der Waals surface area contributed by atoms with E-state index in [4.69, 9.17) is 16.0 Å². The molecule has 0 unspecified atom stereocenters. The van der Waals surface area contributed by atoms with Crippen molar-refractivity contribution in [3.63, 3.8) is 0 Å². The maximum absolute atomic E-state index is 12.3. The van der Waals surface area contributed by atoms with Gasteiger partial charge >= 0.3 is 0 Å². The van der Waals surface area contributed by atoms with E-state index in [1.54, 1.807) is 36.4 Å². The predicted octanol–water partition coefficient (Wildman–Crippen LogP) is 3.23. The van der Waals surface area contributed by atoms with Crippen molar-refractivity contribution in [1.29, 1.82) is 0 Å².